The lowest BCUT2D eigenvalue weighted by Crippen LogP contribution is -2.33. The van der Waals surface area contributed by atoms with Crippen molar-refractivity contribution >= 4 is 35.6 Å². The fourth-order valence-corrected chi connectivity index (χ4v) is 1.59. The summed E-state index contributed by atoms with van der Waals surface area (Å²) in [4.78, 5) is 4.18. The molecule has 0 saturated heterocycles. The molecule has 0 saturated carbocycles. The molecule has 0 heterocycles. The number of hydrogen-bond donors (Lipinski definition) is 3. The summed E-state index contributed by atoms with van der Waals surface area (Å²) in [5.74, 6) is 1.03. The first kappa shape index (κ1) is 19.0. The zero-order valence-electron chi connectivity index (χ0n) is 12.2. The minimum Gasteiger partial charge on any atom is -0.497 e. The number of nitrogens with two attached hydrogens (primary N) is 1. The molecule has 0 aromatic heterocycles. The third-order valence-corrected chi connectivity index (χ3v) is 3.20. The summed E-state index contributed by atoms with van der Waals surface area (Å²) in [5, 5.41) is 13.1. The predicted octanol–water partition coefficient (Wildman–Crippen LogP) is 2.59. The van der Waals surface area contributed by atoms with E-state index in [-0.39, 0.29) is 29.9 Å². The third kappa shape index (κ3) is 5.96. The van der Waals surface area contributed by atoms with Crippen molar-refractivity contribution in [3.8, 4) is 5.75 Å². The largest absolute Gasteiger partial charge is 0.497 e. The molecule has 0 aliphatic heterocycles. The Morgan fingerprint density at radius 1 is 1.40 bits per heavy atom. The van der Waals surface area contributed by atoms with Gasteiger partial charge in [0.25, 0.3) is 0 Å². The molecule has 0 unspecified atom stereocenters. The number of hydrogen-bond acceptors (Lipinski definition) is 3. The fraction of sp³-hybridized carbons (Fsp3) is 0.500. The van der Waals surface area contributed by atoms with Crippen LogP contribution in [0.4, 0.5) is 5.69 Å². The third-order valence-electron chi connectivity index (χ3n) is 3.20. The zero-order valence-corrected chi connectivity index (χ0v) is 14.5. The molecule has 0 spiro atoms. The minimum atomic E-state index is -0.777. The Bertz CT molecular complexity index is 434. The Balaban J connectivity index is 0.00000361. The van der Waals surface area contributed by atoms with Crippen molar-refractivity contribution in [2.24, 2.45) is 10.7 Å². The summed E-state index contributed by atoms with van der Waals surface area (Å²) in [6, 6.07) is 7.42. The number of nitrogens with one attached hydrogen (secondary N) is 1. The first-order valence-corrected chi connectivity index (χ1v) is 6.46. The van der Waals surface area contributed by atoms with Crippen molar-refractivity contribution in [3.05, 3.63) is 24.3 Å². The van der Waals surface area contributed by atoms with Gasteiger partial charge in [-0.2, -0.15) is 0 Å². The SMILES string of the molecule is CCC(O)(CC)CN=C(N)Nc1cccc(OC)c1.I. The molecule has 4 N–H and O–H groups in total. The number of benzene rings is 1. The highest BCUT2D eigenvalue weighted by Gasteiger charge is 2.21. The van der Waals surface area contributed by atoms with Gasteiger partial charge in [-0.05, 0) is 25.0 Å². The van der Waals surface area contributed by atoms with Gasteiger partial charge in [-0.15, -0.1) is 24.0 Å². The summed E-state index contributed by atoms with van der Waals surface area (Å²) < 4.78 is 5.12. The molecule has 5 nitrogen and oxygen atoms in total. The lowest BCUT2D eigenvalue weighted by atomic mass is 9.98. The van der Waals surface area contributed by atoms with Gasteiger partial charge in [0.15, 0.2) is 5.96 Å². The molecule has 0 atom stereocenters. The number of methoxy groups -OCH3 is 1. The van der Waals surface area contributed by atoms with Gasteiger partial charge in [0, 0.05) is 11.8 Å². The van der Waals surface area contributed by atoms with Crippen LogP contribution >= 0.6 is 24.0 Å². The molecule has 6 heteroatoms. The van der Waals surface area contributed by atoms with Crippen LogP contribution in [0.15, 0.2) is 29.3 Å². The van der Waals surface area contributed by atoms with E-state index in [0.717, 1.165) is 11.4 Å². The Hall–Kier alpha value is -1.02. The lowest BCUT2D eigenvalue weighted by molar-refractivity contribution is 0.0419. The summed E-state index contributed by atoms with van der Waals surface area (Å²) in [5.41, 5.74) is 5.83. The van der Waals surface area contributed by atoms with Gasteiger partial charge in [0.1, 0.15) is 5.75 Å². The van der Waals surface area contributed by atoms with Crippen molar-refractivity contribution < 1.29 is 9.84 Å². The van der Waals surface area contributed by atoms with Crippen molar-refractivity contribution in [2.45, 2.75) is 32.3 Å². The van der Waals surface area contributed by atoms with E-state index in [1.165, 1.54) is 0 Å². The summed E-state index contributed by atoms with van der Waals surface area (Å²) in [7, 11) is 1.61. The Kier molecular flexibility index (Phi) is 8.56. The van der Waals surface area contributed by atoms with E-state index in [1.54, 1.807) is 7.11 Å². The quantitative estimate of drug-likeness (QED) is 0.394. The molecule has 20 heavy (non-hydrogen) atoms. The molecule has 1 aromatic carbocycles. The highest BCUT2D eigenvalue weighted by Crippen LogP contribution is 2.17. The van der Waals surface area contributed by atoms with Gasteiger partial charge in [0.2, 0.25) is 0 Å². The summed E-state index contributed by atoms with van der Waals surface area (Å²) >= 11 is 0. The van der Waals surface area contributed by atoms with E-state index in [4.69, 9.17) is 10.5 Å². The van der Waals surface area contributed by atoms with Crippen molar-refractivity contribution in [1.29, 1.82) is 0 Å². The van der Waals surface area contributed by atoms with E-state index in [2.05, 4.69) is 10.3 Å². The maximum Gasteiger partial charge on any atom is 0.193 e. The topological polar surface area (TPSA) is 79.9 Å². The van der Waals surface area contributed by atoms with Crippen LogP contribution in [0.1, 0.15) is 26.7 Å². The van der Waals surface area contributed by atoms with E-state index >= 15 is 0 Å². The molecule has 0 aliphatic rings. The maximum absolute atomic E-state index is 10.1. The molecule has 0 bridgehead atoms. The average Bonchev–Trinajstić information content (AvgIpc) is 2.45. The highest BCUT2D eigenvalue weighted by atomic mass is 127. The number of rotatable bonds is 6. The van der Waals surface area contributed by atoms with Crippen molar-refractivity contribution in [3.63, 3.8) is 0 Å². The van der Waals surface area contributed by atoms with E-state index < -0.39 is 5.60 Å². The molecule has 1 aromatic rings. The number of nitrogens with zero attached hydrogens (tertiary/aromatic N) is 1. The first-order chi connectivity index (χ1) is 9.03. The van der Waals surface area contributed by atoms with Crippen molar-refractivity contribution in [1.82, 2.24) is 0 Å². The Morgan fingerprint density at radius 3 is 2.60 bits per heavy atom. The summed E-state index contributed by atoms with van der Waals surface area (Å²) in [6.07, 6.45) is 1.30. The average molecular weight is 393 g/mol. The molecule has 0 amide bonds. The highest BCUT2D eigenvalue weighted by molar-refractivity contribution is 14.0. The fourth-order valence-electron chi connectivity index (χ4n) is 1.59. The molecular formula is C14H24IN3O2. The van der Waals surface area contributed by atoms with Crippen LogP contribution in [0.2, 0.25) is 0 Å². The van der Waals surface area contributed by atoms with E-state index in [0.29, 0.717) is 19.4 Å². The van der Waals surface area contributed by atoms with Crippen LogP contribution in [0.3, 0.4) is 0 Å². The maximum atomic E-state index is 10.1. The number of halogens is 1. The monoisotopic (exact) mass is 393 g/mol. The second kappa shape index (κ2) is 9.02. The van der Waals surface area contributed by atoms with Crippen LogP contribution in [0, 0.1) is 0 Å². The molecule has 114 valence electrons. The molecular weight excluding hydrogens is 369 g/mol. The predicted molar refractivity (Wildman–Crippen MR) is 94.1 cm³/mol. The number of ether oxygens (including phenoxy) is 1. The number of anilines is 1. The zero-order chi connectivity index (χ0) is 14.3. The van der Waals surface area contributed by atoms with Gasteiger partial charge >= 0.3 is 0 Å². The van der Waals surface area contributed by atoms with Crippen molar-refractivity contribution in [2.75, 3.05) is 19.0 Å². The smallest absolute Gasteiger partial charge is 0.193 e. The number of aliphatic imine (C=N–C) groups is 1. The van der Waals surface area contributed by atoms with Crippen LogP contribution in [0.5, 0.6) is 5.75 Å². The molecule has 0 fully saturated rings. The normalized spacial score (nSPS) is 11.7. The van der Waals surface area contributed by atoms with Gasteiger partial charge in [0.05, 0.1) is 19.3 Å². The lowest BCUT2D eigenvalue weighted by Gasteiger charge is -2.22. The Labute approximate surface area is 137 Å². The second-order valence-electron chi connectivity index (χ2n) is 4.49. The first-order valence-electron chi connectivity index (χ1n) is 6.46. The standard InChI is InChI=1S/C14H23N3O2.HI/c1-4-14(18,5-2)10-16-13(15)17-11-7-6-8-12(9-11)19-3;/h6-9,18H,4-5,10H2,1-3H3,(H3,15,16,17);1H. The number of guanidine groups is 1. The Morgan fingerprint density at radius 2 is 2.05 bits per heavy atom. The van der Waals surface area contributed by atoms with Crippen LogP contribution < -0.4 is 15.8 Å². The number of aliphatic hydroxyl groups is 1. The van der Waals surface area contributed by atoms with E-state index in [1.807, 2.05) is 38.1 Å². The van der Waals surface area contributed by atoms with Crippen LogP contribution in [0.25, 0.3) is 0 Å². The minimum absolute atomic E-state index is 0. The molecule has 1 rings (SSSR count). The van der Waals surface area contributed by atoms with Gasteiger partial charge in [-0.25, -0.2) is 0 Å². The van der Waals surface area contributed by atoms with E-state index in [9.17, 15) is 5.11 Å². The van der Waals surface area contributed by atoms with Gasteiger partial charge < -0.3 is 20.9 Å². The second-order valence-corrected chi connectivity index (χ2v) is 4.49. The summed E-state index contributed by atoms with van der Waals surface area (Å²) in [6.45, 7) is 4.16. The molecule has 0 aliphatic carbocycles. The van der Waals surface area contributed by atoms with Crippen LogP contribution in [-0.4, -0.2) is 30.3 Å². The van der Waals surface area contributed by atoms with Gasteiger partial charge in [-0.3, -0.25) is 4.99 Å². The van der Waals surface area contributed by atoms with Crippen LogP contribution in [-0.2, 0) is 0 Å². The molecule has 0 radical (unpaired) electrons. The van der Waals surface area contributed by atoms with Gasteiger partial charge in [-0.1, -0.05) is 19.9 Å².